The van der Waals surface area contributed by atoms with E-state index >= 15 is 0 Å². The Morgan fingerprint density at radius 1 is 1.18 bits per heavy atom. The highest BCUT2D eigenvalue weighted by Gasteiger charge is 2.14. The van der Waals surface area contributed by atoms with Crippen LogP contribution in [0.2, 0.25) is 0 Å². The van der Waals surface area contributed by atoms with Crippen molar-refractivity contribution in [2.75, 3.05) is 26.2 Å². The average molecular weight is 240 g/mol. The molecule has 1 rings (SSSR count). The molecule has 0 aliphatic carbocycles. The Morgan fingerprint density at radius 2 is 2.00 bits per heavy atom. The molecular formula is C15H32N2. The predicted molar refractivity (Wildman–Crippen MR) is 76.4 cm³/mol. The van der Waals surface area contributed by atoms with E-state index in [2.05, 4.69) is 31.0 Å². The Morgan fingerprint density at radius 3 is 2.71 bits per heavy atom. The predicted octanol–water partition coefficient (Wildman–Crippen LogP) is 3.28. The Hall–Kier alpha value is -0.0800. The fourth-order valence-electron chi connectivity index (χ4n) is 2.66. The number of hydrogen-bond donors (Lipinski definition) is 1. The SMILES string of the molecule is CCN1CCCC(NCCCCC(C)C)CC1. The normalized spacial score (nSPS) is 22.9. The molecule has 102 valence electrons. The number of nitrogens with zero attached hydrogens (tertiary/aromatic N) is 1. The largest absolute Gasteiger partial charge is 0.314 e. The highest BCUT2D eigenvalue weighted by atomic mass is 15.1. The molecular weight excluding hydrogens is 208 g/mol. The molecule has 1 heterocycles. The molecule has 2 heteroatoms. The van der Waals surface area contributed by atoms with Crippen LogP contribution in [0.3, 0.4) is 0 Å². The molecule has 2 nitrogen and oxygen atoms in total. The van der Waals surface area contributed by atoms with Crippen LogP contribution in [0.4, 0.5) is 0 Å². The van der Waals surface area contributed by atoms with Crippen molar-refractivity contribution in [2.24, 2.45) is 5.92 Å². The first-order chi connectivity index (χ1) is 8.22. The zero-order valence-electron chi connectivity index (χ0n) is 12.2. The second-order valence-electron chi connectivity index (χ2n) is 5.91. The van der Waals surface area contributed by atoms with Crippen LogP contribution < -0.4 is 5.32 Å². The molecule has 1 atom stereocenters. The smallest absolute Gasteiger partial charge is 0.00797 e. The van der Waals surface area contributed by atoms with Crippen molar-refractivity contribution in [1.82, 2.24) is 10.2 Å². The molecule has 1 N–H and O–H groups in total. The quantitative estimate of drug-likeness (QED) is 0.687. The molecule has 1 unspecified atom stereocenters. The molecule has 1 saturated heterocycles. The molecule has 0 radical (unpaired) electrons. The Balaban J connectivity index is 2.03. The standard InChI is InChI=1S/C15H32N2/c1-4-17-12-7-9-15(10-13-17)16-11-6-5-8-14(2)3/h14-16H,4-13H2,1-3H3. The van der Waals surface area contributed by atoms with Crippen molar-refractivity contribution >= 4 is 0 Å². The molecule has 1 fully saturated rings. The minimum absolute atomic E-state index is 0.783. The molecule has 0 aromatic heterocycles. The van der Waals surface area contributed by atoms with Crippen LogP contribution in [0.25, 0.3) is 0 Å². The van der Waals surface area contributed by atoms with Crippen molar-refractivity contribution in [3.05, 3.63) is 0 Å². The van der Waals surface area contributed by atoms with E-state index in [-0.39, 0.29) is 0 Å². The summed E-state index contributed by atoms with van der Waals surface area (Å²) < 4.78 is 0. The summed E-state index contributed by atoms with van der Waals surface area (Å²) >= 11 is 0. The van der Waals surface area contributed by atoms with E-state index in [1.165, 1.54) is 64.7 Å². The van der Waals surface area contributed by atoms with Crippen LogP contribution in [0.5, 0.6) is 0 Å². The zero-order chi connectivity index (χ0) is 12.5. The summed E-state index contributed by atoms with van der Waals surface area (Å²) in [7, 11) is 0. The molecule has 0 bridgehead atoms. The van der Waals surface area contributed by atoms with E-state index in [4.69, 9.17) is 0 Å². The lowest BCUT2D eigenvalue weighted by Crippen LogP contribution is -2.31. The van der Waals surface area contributed by atoms with Crippen LogP contribution >= 0.6 is 0 Å². The number of unbranched alkanes of at least 4 members (excludes halogenated alkanes) is 1. The minimum atomic E-state index is 0.783. The van der Waals surface area contributed by atoms with Gasteiger partial charge in [0.1, 0.15) is 0 Å². The van der Waals surface area contributed by atoms with Gasteiger partial charge < -0.3 is 10.2 Å². The van der Waals surface area contributed by atoms with E-state index < -0.39 is 0 Å². The van der Waals surface area contributed by atoms with Crippen LogP contribution in [-0.2, 0) is 0 Å². The first-order valence-corrected chi connectivity index (χ1v) is 7.68. The third-order valence-electron chi connectivity index (χ3n) is 3.91. The summed E-state index contributed by atoms with van der Waals surface area (Å²) in [6.45, 7) is 12.0. The number of nitrogens with one attached hydrogen (secondary N) is 1. The summed E-state index contributed by atoms with van der Waals surface area (Å²) in [5.74, 6) is 0.867. The van der Waals surface area contributed by atoms with Gasteiger partial charge in [-0.05, 0) is 57.8 Å². The highest BCUT2D eigenvalue weighted by molar-refractivity contribution is 4.74. The van der Waals surface area contributed by atoms with E-state index in [0.717, 1.165) is 12.0 Å². The van der Waals surface area contributed by atoms with Gasteiger partial charge >= 0.3 is 0 Å². The van der Waals surface area contributed by atoms with Crippen LogP contribution in [0.15, 0.2) is 0 Å². The van der Waals surface area contributed by atoms with Gasteiger partial charge in [-0.2, -0.15) is 0 Å². The molecule has 0 aromatic rings. The second kappa shape index (κ2) is 8.93. The van der Waals surface area contributed by atoms with Gasteiger partial charge in [-0.3, -0.25) is 0 Å². The molecule has 0 aromatic carbocycles. The molecule has 1 aliphatic heterocycles. The highest BCUT2D eigenvalue weighted by Crippen LogP contribution is 2.11. The Bertz CT molecular complexity index is 180. The lowest BCUT2D eigenvalue weighted by Gasteiger charge is -2.18. The maximum atomic E-state index is 3.75. The van der Waals surface area contributed by atoms with Crippen molar-refractivity contribution < 1.29 is 0 Å². The molecule has 0 spiro atoms. The molecule has 0 saturated carbocycles. The van der Waals surface area contributed by atoms with Crippen LogP contribution in [-0.4, -0.2) is 37.1 Å². The van der Waals surface area contributed by atoms with Crippen molar-refractivity contribution in [1.29, 1.82) is 0 Å². The van der Waals surface area contributed by atoms with Crippen molar-refractivity contribution in [3.8, 4) is 0 Å². The summed E-state index contributed by atoms with van der Waals surface area (Å²) in [5.41, 5.74) is 0. The first-order valence-electron chi connectivity index (χ1n) is 7.68. The van der Waals surface area contributed by atoms with Crippen molar-refractivity contribution in [3.63, 3.8) is 0 Å². The van der Waals surface area contributed by atoms with Gasteiger partial charge in [-0.15, -0.1) is 0 Å². The van der Waals surface area contributed by atoms with Crippen LogP contribution in [0.1, 0.15) is 59.3 Å². The van der Waals surface area contributed by atoms with E-state index in [1.54, 1.807) is 0 Å². The van der Waals surface area contributed by atoms with E-state index in [1.807, 2.05) is 0 Å². The number of likely N-dealkylation sites (tertiary alicyclic amines) is 1. The van der Waals surface area contributed by atoms with Gasteiger partial charge in [-0.25, -0.2) is 0 Å². The Kier molecular flexibility index (Phi) is 7.87. The summed E-state index contributed by atoms with van der Waals surface area (Å²) in [6, 6.07) is 0.783. The lowest BCUT2D eigenvalue weighted by molar-refractivity contribution is 0.297. The monoisotopic (exact) mass is 240 g/mol. The summed E-state index contributed by atoms with van der Waals surface area (Å²) in [5, 5.41) is 3.75. The third-order valence-corrected chi connectivity index (χ3v) is 3.91. The fraction of sp³-hybridized carbons (Fsp3) is 1.00. The van der Waals surface area contributed by atoms with Gasteiger partial charge in [0.2, 0.25) is 0 Å². The lowest BCUT2D eigenvalue weighted by atomic mass is 10.1. The summed E-state index contributed by atoms with van der Waals surface area (Å²) in [6.07, 6.45) is 8.22. The maximum Gasteiger partial charge on any atom is 0.00797 e. The van der Waals surface area contributed by atoms with Crippen LogP contribution in [0, 0.1) is 5.92 Å². The van der Waals surface area contributed by atoms with Gasteiger partial charge in [0.05, 0.1) is 0 Å². The Labute approximate surface area is 108 Å². The molecule has 17 heavy (non-hydrogen) atoms. The van der Waals surface area contributed by atoms with Gasteiger partial charge in [0, 0.05) is 6.04 Å². The fourth-order valence-corrected chi connectivity index (χ4v) is 2.66. The van der Waals surface area contributed by atoms with Gasteiger partial charge in [0.15, 0.2) is 0 Å². The minimum Gasteiger partial charge on any atom is -0.314 e. The average Bonchev–Trinajstić information content (AvgIpc) is 2.53. The van der Waals surface area contributed by atoms with E-state index in [9.17, 15) is 0 Å². The van der Waals surface area contributed by atoms with Gasteiger partial charge in [-0.1, -0.05) is 33.6 Å². The second-order valence-corrected chi connectivity index (χ2v) is 5.91. The van der Waals surface area contributed by atoms with Gasteiger partial charge in [0.25, 0.3) is 0 Å². The van der Waals surface area contributed by atoms with E-state index in [0.29, 0.717) is 0 Å². The zero-order valence-corrected chi connectivity index (χ0v) is 12.2. The molecule has 0 amide bonds. The third kappa shape index (κ3) is 7.05. The number of hydrogen-bond acceptors (Lipinski definition) is 2. The molecule has 1 aliphatic rings. The first kappa shape index (κ1) is 15.0. The number of rotatable bonds is 7. The summed E-state index contributed by atoms with van der Waals surface area (Å²) in [4.78, 5) is 2.58. The topological polar surface area (TPSA) is 15.3 Å². The maximum absolute atomic E-state index is 3.75. The van der Waals surface area contributed by atoms with Crippen molar-refractivity contribution in [2.45, 2.75) is 65.3 Å².